The zero-order valence-electron chi connectivity index (χ0n) is 20.6. The molecule has 1 amide bonds. The molecule has 2 atom stereocenters. The number of benzene rings is 2. The largest absolute Gasteiger partial charge is 0.489 e. The van der Waals surface area contributed by atoms with E-state index in [4.69, 9.17) is 25.8 Å². The third-order valence-electron chi connectivity index (χ3n) is 5.73. The molecule has 0 radical (unpaired) electrons. The van der Waals surface area contributed by atoms with Crippen molar-refractivity contribution in [2.24, 2.45) is 0 Å². The van der Waals surface area contributed by atoms with Crippen LogP contribution in [-0.4, -0.2) is 69.1 Å². The summed E-state index contributed by atoms with van der Waals surface area (Å²) in [4.78, 5) is 31.8. The van der Waals surface area contributed by atoms with Crippen LogP contribution < -0.4 is 20.3 Å². The van der Waals surface area contributed by atoms with Crippen molar-refractivity contribution in [1.82, 2.24) is 20.0 Å². The number of carbonyl (C=O) groups excluding carboxylic acids is 1. The molecule has 2 unspecified atom stereocenters. The van der Waals surface area contributed by atoms with E-state index in [2.05, 4.69) is 20.0 Å². The Balaban J connectivity index is 1.37. The van der Waals surface area contributed by atoms with Crippen LogP contribution in [0.5, 0.6) is 5.75 Å². The first-order valence-corrected chi connectivity index (χ1v) is 14.0. The van der Waals surface area contributed by atoms with Crippen LogP contribution in [0, 0.1) is 11.6 Å². The van der Waals surface area contributed by atoms with Crippen molar-refractivity contribution in [3.8, 4) is 5.75 Å². The molecule has 0 spiro atoms. The predicted octanol–water partition coefficient (Wildman–Crippen LogP) is 1.89. The van der Waals surface area contributed by atoms with Crippen molar-refractivity contribution >= 4 is 38.4 Å². The van der Waals surface area contributed by atoms with Gasteiger partial charge in [-0.15, -0.1) is 0 Å². The Morgan fingerprint density at radius 3 is 2.59 bits per heavy atom. The van der Waals surface area contributed by atoms with Crippen molar-refractivity contribution in [1.29, 1.82) is 0 Å². The Morgan fingerprint density at radius 2 is 1.90 bits per heavy atom. The van der Waals surface area contributed by atoms with Crippen LogP contribution in [0.25, 0.3) is 10.9 Å². The van der Waals surface area contributed by atoms with Crippen LogP contribution in [0.4, 0.5) is 8.78 Å². The van der Waals surface area contributed by atoms with Gasteiger partial charge in [0.05, 0.1) is 48.8 Å². The molecule has 1 aliphatic heterocycles. The Labute approximate surface area is 226 Å². The average molecular weight is 587 g/mol. The zero-order chi connectivity index (χ0) is 28.2. The summed E-state index contributed by atoms with van der Waals surface area (Å²) in [5.74, 6) is -2.70. The summed E-state index contributed by atoms with van der Waals surface area (Å²) >= 11 is 5.75. The molecule has 0 saturated carbocycles. The molecule has 2 aromatic carbocycles. The quantitative estimate of drug-likeness (QED) is 0.326. The molecule has 3 N–H and O–H groups in total. The predicted molar refractivity (Wildman–Crippen MR) is 137 cm³/mol. The molecular weight excluding hydrogens is 562 g/mol. The van der Waals surface area contributed by atoms with E-state index in [1.807, 2.05) is 0 Å². The molecule has 0 bridgehead atoms. The van der Waals surface area contributed by atoms with Crippen LogP contribution in [0.1, 0.15) is 22.6 Å². The number of sulfonamides is 1. The highest BCUT2D eigenvalue weighted by Gasteiger charge is 2.24. The number of fused-ring (bicyclic) bond motifs is 1. The third kappa shape index (κ3) is 7.70. The highest BCUT2D eigenvalue weighted by atomic mass is 35.5. The molecule has 1 aromatic heterocycles. The lowest BCUT2D eigenvalue weighted by molar-refractivity contribution is -0.134. The highest BCUT2D eigenvalue weighted by Crippen LogP contribution is 2.26. The van der Waals surface area contributed by atoms with E-state index in [0.29, 0.717) is 12.0 Å². The minimum atomic E-state index is -3.34. The number of aromatic amines is 1. The first-order chi connectivity index (χ1) is 18.5. The van der Waals surface area contributed by atoms with Gasteiger partial charge in [-0.25, -0.2) is 26.9 Å². The Morgan fingerprint density at radius 1 is 1.18 bits per heavy atom. The summed E-state index contributed by atoms with van der Waals surface area (Å²) in [5, 5.41) is 2.29. The van der Waals surface area contributed by atoms with E-state index < -0.39 is 39.2 Å². The lowest BCUT2D eigenvalue weighted by Crippen LogP contribution is -2.43. The molecule has 3 aromatic rings. The summed E-state index contributed by atoms with van der Waals surface area (Å²) in [6.45, 7) is 0.415. The topological polar surface area (TPSA) is 149 Å². The summed E-state index contributed by atoms with van der Waals surface area (Å²) in [6.07, 6.45) is 0.546. The van der Waals surface area contributed by atoms with Crippen molar-refractivity contribution in [2.45, 2.75) is 25.2 Å². The fraction of sp³-hybridized carbons (Fsp3) is 0.375. The number of nitrogens with zero attached hydrogens (tertiary/aromatic N) is 1. The lowest BCUT2D eigenvalue weighted by Gasteiger charge is -2.29. The van der Waals surface area contributed by atoms with Gasteiger partial charge in [0, 0.05) is 19.5 Å². The Hall–Kier alpha value is -3.17. The van der Waals surface area contributed by atoms with Crippen molar-refractivity contribution < 1.29 is 36.2 Å². The monoisotopic (exact) mass is 586 g/mol. The van der Waals surface area contributed by atoms with E-state index in [0.717, 1.165) is 12.3 Å². The van der Waals surface area contributed by atoms with Gasteiger partial charge in [0.15, 0.2) is 17.4 Å². The smallest absolute Gasteiger partial charge is 0.287 e. The van der Waals surface area contributed by atoms with E-state index in [1.165, 1.54) is 24.3 Å². The number of rotatable bonds is 10. The molecule has 1 fully saturated rings. The number of H-pyrrole nitrogens is 1. The van der Waals surface area contributed by atoms with Gasteiger partial charge < -0.3 is 24.5 Å². The molecule has 39 heavy (non-hydrogen) atoms. The minimum Gasteiger partial charge on any atom is -0.489 e. The maximum Gasteiger partial charge on any atom is 0.287 e. The summed E-state index contributed by atoms with van der Waals surface area (Å²) in [7, 11) is -3.34. The molecule has 1 aliphatic rings. The Kier molecular flexibility index (Phi) is 9.12. The van der Waals surface area contributed by atoms with Crippen molar-refractivity contribution in [3.63, 3.8) is 0 Å². The molecular formula is C24H25ClF2N4O7S. The highest BCUT2D eigenvalue weighted by molar-refractivity contribution is 7.88. The van der Waals surface area contributed by atoms with Gasteiger partial charge in [0.2, 0.25) is 10.0 Å². The summed E-state index contributed by atoms with van der Waals surface area (Å²) in [6, 6.07) is 6.31. The van der Waals surface area contributed by atoms with Crippen LogP contribution >= 0.6 is 11.6 Å². The van der Waals surface area contributed by atoms with E-state index in [-0.39, 0.29) is 66.5 Å². The zero-order valence-corrected chi connectivity index (χ0v) is 22.2. The van der Waals surface area contributed by atoms with Crippen LogP contribution in [0.3, 0.4) is 0 Å². The van der Waals surface area contributed by atoms with Crippen LogP contribution in [0.15, 0.2) is 35.1 Å². The van der Waals surface area contributed by atoms with Crippen LogP contribution in [0.2, 0.25) is 5.02 Å². The van der Waals surface area contributed by atoms with Crippen molar-refractivity contribution in [3.05, 3.63) is 68.7 Å². The number of halogens is 3. The maximum absolute atomic E-state index is 14.6. The van der Waals surface area contributed by atoms with Gasteiger partial charge >= 0.3 is 0 Å². The standard InChI is InChI=1S/C24H25ClF2N4O7S/c1-39(34,35)29-10-15-12-37-14(11-38-15)6-7-36-21-18(27)4-5-19-20(21)23(32)31-22(30-19)24(33)28-9-13-2-3-17(26)16(25)8-13/h2-5,8,14-15,29H,6-7,9-12H2,1H3,(H,28,33)(H,30,31,32). The first kappa shape index (κ1) is 28.8. The van der Waals surface area contributed by atoms with E-state index in [1.54, 1.807) is 0 Å². The SMILES string of the molecule is CS(=O)(=O)NCC1COC(CCOc2c(F)ccc3nc(C(=O)NCc4ccc(F)c(Cl)c4)[nH]c(=O)c23)CO1. The van der Waals surface area contributed by atoms with Gasteiger partial charge in [-0.2, -0.15) is 0 Å². The van der Waals surface area contributed by atoms with Crippen LogP contribution in [-0.2, 0) is 26.0 Å². The molecule has 4 rings (SSSR count). The molecule has 15 heteroatoms. The fourth-order valence-corrected chi connectivity index (χ4v) is 4.44. The average Bonchev–Trinajstić information content (AvgIpc) is 2.89. The number of ether oxygens (including phenoxy) is 3. The van der Waals surface area contributed by atoms with Gasteiger partial charge in [-0.05, 0) is 29.8 Å². The van der Waals surface area contributed by atoms with Gasteiger partial charge in [0.1, 0.15) is 11.2 Å². The third-order valence-corrected chi connectivity index (χ3v) is 6.71. The first-order valence-electron chi connectivity index (χ1n) is 11.8. The second-order valence-corrected chi connectivity index (χ2v) is 11.0. The lowest BCUT2D eigenvalue weighted by atomic mass is 10.2. The summed E-state index contributed by atoms with van der Waals surface area (Å²) < 4.78 is 69.5. The van der Waals surface area contributed by atoms with Gasteiger partial charge in [-0.1, -0.05) is 17.7 Å². The van der Waals surface area contributed by atoms with Gasteiger partial charge in [-0.3, -0.25) is 9.59 Å². The number of amides is 1. The molecule has 2 heterocycles. The second kappa shape index (κ2) is 12.3. The normalized spacial score (nSPS) is 17.7. The minimum absolute atomic E-state index is 0.000272. The molecule has 0 aliphatic carbocycles. The number of aromatic nitrogens is 2. The molecule has 1 saturated heterocycles. The van der Waals surface area contributed by atoms with Gasteiger partial charge in [0.25, 0.3) is 11.5 Å². The van der Waals surface area contributed by atoms with E-state index >= 15 is 0 Å². The number of hydrogen-bond donors (Lipinski definition) is 3. The molecule has 210 valence electrons. The Bertz CT molecular complexity index is 1530. The molecule has 11 nitrogen and oxygen atoms in total. The maximum atomic E-state index is 14.6. The number of hydrogen-bond acceptors (Lipinski definition) is 8. The number of nitrogens with one attached hydrogen (secondary N) is 3. The fourth-order valence-electron chi connectivity index (χ4n) is 3.75. The van der Waals surface area contributed by atoms with E-state index in [9.17, 15) is 26.8 Å². The summed E-state index contributed by atoms with van der Waals surface area (Å²) in [5.41, 5.74) is -0.198. The van der Waals surface area contributed by atoms with Crippen molar-refractivity contribution in [2.75, 3.05) is 32.6 Å². The number of carbonyl (C=O) groups is 1. The second-order valence-electron chi connectivity index (χ2n) is 8.78.